The molecular weight excluding hydrogens is 211 g/mol. The van der Waals surface area contributed by atoms with E-state index in [1.165, 1.54) is 0 Å². The van der Waals surface area contributed by atoms with Crippen LogP contribution in [0.15, 0.2) is 12.1 Å². The Morgan fingerprint density at radius 1 is 1.27 bits per heavy atom. The molecule has 0 radical (unpaired) electrons. The molecule has 1 saturated carbocycles. The maximum absolute atomic E-state index is 13.9. The summed E-state index contributed by atoms with van der Waals surface area (Å²) in [5, 5.41) is 0.726. The molecular formula is C13H16ClF. The Kier molecular flexibility index (Phi) is 2.54. The molecule has 0 heterocycles. The van der Waals surface area contributed by atoms with Crippen LogP contribution in [0.5, 0.6) is 0 Å². The standard InChI is InChI=1S/C13H16ClF/c1-13(2,3)10-7-11(14)9(6-12(10)15)8-4-5-8/h6-8H,4-5H2,1-3H3. The normalized spacial score (nSPS) is 16.9. The summed E-state index contributed by atoms with van der Waals surface area (Å²) >= 11 is 6.18. The quantitative estimate of drug-likeness (QED) is 0.654. The summed E-state index contributed by atoms with van der Waals surface area (Å²) in [6.45, 7) is 6.00. The highest BCUT2D eigenvalue weighted by molar-refractivity contribution is 6.31. The smallest absolute Gasteiger partial charge is 0.127 e. The predicted octanol–water partition coefficient (Wildman–Crippen LogP) is 4.65. The topological polar surface area (TPSA) is 0 Å². The number of hydrogen-bond acceptors (Lipinski definition) is 0. The molecule has 0 N–H and O–H groups in total. The summed E-state index contributed by atoms with van der Waals surface area (Å²) in [6, 6.07) is 3.42. The van der Waals surface area contributed by atoms with Crippen LogP contribution in [0.1, 0.15) is 50.7 Å². The zero-order valence-corrected chi connectivity index (χ0v) is 10.2. The van der Waals surface area contributed by atoms with Crippen molar-refractivity contribution in [2.45, 2.75) is 44.9 Å². The first kappa shape index (κ1) is 10.9. The van der Waals surface area contributed by atoms with Gasteiger partial charge in [-0.25, -0.2) is 4.39 Å². The third-order valence-electron chi connectivity index (χ3n) is 2.91. The molecule has 1 aromatic rings. The van der Waals surface area contributed by atoms with E-state index < -0.39 is 0 Å². The van der Waals surface area contributed by atoms with Crippen LogP contribution in [0.4, 0.5) is 4.39 Å². The van der Waals surface area contributed by atoms with E-state index in [2.05, 4.69) is 0 Å². The van der Waals surface area contributed by atoms with E-state index in [1.807, 2.05) is 20.8 Å². The fourth-order valence-corrected chi connectivity index (χ4v) is 2.16. The minimum atomic E-state index is -0.185. The van der Waals surface area contributed by atoms with E-state index in [1.54, 1.807) is 12.1 Å². The first-order valence-electron chi connectivity index (χ1n) is 5.39. The molecule has 2 heteroatoms. The van der Waals surface area contributed by atoms with Crippen molar-refractivity contribution in [1.82, 2.24) is 0 Å². The molecule has 2 rings (SSSR count). The second kappa shape index (κ2) is 3.48. The van der Waals surface area contributed by atoms with Gasteiger partial charge in [0.2, 0.25) is 0 Å². The zero-order chi connectivity index (χ0) is 11.2. The van der Waals surface area contributed by atoms with Crippen LogP contribution >= 0.6 is 11.6 Å². The molecule has 0 unspecified atom stereocenters. The molecule has 0 bridgehead atoms. The van der Waals surface area contributed by atoms with Gasteiger partial charge in [0, 0.05) is 5.02 Å². The lowest BCUT2D eigenvalue weighted by atomic mass is 9.86. The first-order valence-corrected chi connectivity index (χ1v) is 5.77. The second-order valence-electron chi connectivity index (χ2n) is 5.38. The van der Waals surface area contributed by atoms with Crippen LogP contribution in [-0.4, -0.2) is 0 Å². The molecule has 0 atom stereocenters. The van der Waals surface area contributed by atoms with Gasteiger partial charge in [0.25, 0.3) is 0 Å². The highest BCUT2D eigenvalue weighted by Gasteiger charge is 2.28. The van der Waals surface area contributed by atoms with Crippen LogP contribution in [0.2, 0.25) is 5.02 Å². The number of hydrogen-bond donors (Lipinski definition) is 0. The Hall–Kier alpha value is -0.560. The van der Waals surface area contributed by atoms with Gasteiger partial charge in [-0.3, -0.25) is 0 Å². The molecule has 0 aliphatic heterocycles. The molecule has 1 aliphatic rings. The summed E-state index contributed by atoms with van der Waals surface area (Å²) in [7, 11) is 0. The van der Waals surface area contributed by atoms with Crippen LogP contribution in [0, 0.1) is 5.82 Å². The molecule has 15 heavy (non-hydrogen) atoms. The highest BCUT2D eigenvalue weighted by Crippen LogP contribution is 2.44. The van der Waals surface area contributed by atoms with E-state index in [4.69, 9.17) is 11.6 Å². The van der Waals surface area contributed by atoms with Gasteiger partial charge in [-0.1, -0.05) is 32.4 Å². The van der Waals surface area contributed by atoms with Crippen molar-refractivity contribution in [3.05, 3.63) is 34.1 Å². The lowest BCUT2D eigenvalue weighted by Gasteiger charge is -2.21. The Morgan fingerprint density at radius 3 is 2.33 bits per heavy atom. The summed E-state index contributed by atoms with van der Waals surface area (Å²) in [4.78, 5) is 0. The highest BCUT2D eigenvalue weighted by atomic mass is 35.5. The van der Waals surface area contributed by atoms with Crippen molar-refractivity contribution in [2.24, 2.45) is 0 Å². The fraction of sp³-hybridized carbons (Fsp3) is 0.538. The van der Waals surface area contributed by atoms with Gasteiger partial charge in [-0.2, -0.15) is 0 Å². The van der Waals surface area contributed by atoms with Gasteiger partial charge in [-0.15, -0.1) is 0 Å². The molecule has 1 aromatic carbocycles. The van der Waals surface area contributed by atoms with E-state index >= 15 is 0 Å². The molecule has 82 valence electrons. The third kappa shape index (κ3) is 2.17. The molecule has 0 amide bonds. The van der Waals surface area contributed by atoms with Crippen LogP contribution in [-0.2, 0) is 5.41 Å². The predicted molar refractivity (Wildman–Crippen MR) is 62.1 cm³/mol. The zero-order valence-electron chi connectivity index (χ0n) is 9.40. The van der Waals surface area contributed by atoms with E-state index in [-0.39, 0.29) is 11.2 Å². The first-order chi connectivity index (χ1) is 6.89. The number of benzene rings is 1. The minimum Gasteiger partial charge on any atom is -0.207 e. The van der Waals surface area contributed by atoms with Gasteiger partial charge < -0.3 is 0 Å². The van der Waals surface area contributed by atoms with E-state index in [9.17, 15) is 4.39 Å². The van der Waals surface area contributed by atoms with Crippen molar-refractivity contribution in [3.63, 3.8) is 0 Å². The summed E-state index contributed by atoms with van der Waals surface area (Å²) < 4.78 is 13.9. The summed E-state index contributed by atoms with van der Waals surface area (Å²) in [5.74, 6) is 0.384. The second-order valence-corrected chi connectivity index (χ2v) is 5.79. The Bertz CT molecular complexity index is 386. The monoisotopic (exact) mass is 226 g/mol. The Labute approximate surface area is 95.4 Å². The average molecular weight is 227 g/mol. The van der Waals surface area contributed by atoms with Crippen molar-refractivity contribution < 1.29 is 4.39 Å². The average Bonchev–Trinajstić information content (AvgIpc) is 2.89. The summed E-state index contributed by atoms with van der Waals surface area (Å²) in [6.07, 6.45) is 2.29. The minimum absolute atomic E-state index is 0.117. The van der Waals surface area contributed by atoms with Gasteiger partial charge in [-0.05, 0) is 47.4 Å². The van der Waals surface area contributed by atoms with Gasteiger partial charge in [0.05, 0.1) is 0 Å². The third-order valence-corrected chi connectivity index (χ3v) is 3.24. The lowest BCUT2D eigenvalue weighted by molar-refractivity contribution is 0.522. The largest absolute Gasteiger partial charge is 0.207 e. The lowest BCUT2D eigenvalue weighted by Crippen LogP contribution is -2.14. The molecule has 0 saturated heterocycles. The van der Waals surface area contributed by atoms with E-state index in [0.29, 0.717) is 11.5 Å². The van der Waals surface area contributed by atoms with Gasteiger partial charge >= 0.3 is 0 Å². The molecule has 0 spiro atoms. The SMILES string of the molecule is CC(C)(C)c1cc(Cl)c(C2CC2)cc1F. The van der Waals surface area contributed by atoms with Crippen LogP contribution in [0.25, 0.3) is 0 Å². The van der Waals surface area contributed by atoms with Crippen molar-refractivity contribution >= 4 is 11.6 Å². The van der Waals surface area contributed by atoms with Gasteiger partial charge in [0.15, 0.2) is 0 Å². The molecule has 1 aliphatic carbocycles. The number of rotatable bonds is 1. The van der Waals surface area contributed by atoms with Crippen LogP contribution in [0.3, 0.4) is 0 Å². The Morgan fingerprint density at radius 2 is 1.87 bits per heavy atom. The fourth-order valence-electron chi connectivity index (χ4n) is 1.84. The van der Waals surface area contributed by atoms with Crippen molar-refractivity contribution in [3.8, 4) is 0 Å². The van der Waals surface area contributed by atoms with Gasteiger partial charge in [0.1, 0.15) is 5.82 Å². The summed E-state index contributed by atoms with van der Waals surface area (Å²) in [5.41, 5.74) is 1.51. The van der Waals surface area contributed by atoms with Crippen molar-refractivity contribution in [1.29, 1.82) is 0 Å². The van der Waals surface area contributed by atoms with Crippen molar-refractivity contribution in [2.75, 3.05) is 0 Å². The van der Waals surface area contributed by atoms with Crippen LogP contribution < -0.4 is 0 Å². The Balaban J connectivity index is 2.47. The maximum Gasteiger partial charge on any atom is 0.127 e. The molecule has 1 fully saturated rings. The molecule has 0 nitrogen and oxygen atoms in total. The maximum atomic E-state index is 13.9. The molecule has 0 aromatic heterocycles. The number of halogens is 2. The van der Waals surface area contributed by atoms with E-state index in [0.717, 1.165) is 23.4 Å².